The first-order chi connectivity index (χ1) is 17.9. The normalized spacial score (nSPS) is 23.6. The van der Waals surface area contributed by atoms with Crippen molar-refractivity contribution in [2.45, 2.75) is 76.0 Å². The zero-order valence-corrected chi connectivity index (χ0v) is 23.2. The number of likely N-dealkylation sites (tertiary alicyclic amines) is 2. The van der Waals surface area contributed by atoms with Gasteiger partial charge >= 0.3 is 0 Å². The second kappa shape index (κ2) is 11.7. The van der Waals surface area contributed by atoms with Gasteiger partial charge in [-0.05, 0) is 108 Å². The van der Waals surface area contributed by atoms with Gasteiger partial charge in [-0.25, -0.2) is 8.51 Å². The summed E-state index contributed by atoms with van der Waals surface area (Å²) in [7, 11) is 0.277. The minimum absolute atomic E-state index is 0.0577. The highest BCUT2D eigenvalue weighted by atomic mass is 32.2. The van der Waals surface area contributed by atoms with E-state index in [1.807, 2.05) is 35.2 Å². The number of hydrogen-bond donors (Lipinski definition) is 1. The number of rotatable bonds is 10. The number of ether oxygens (including phenoxy) is 2. The molecule has 4 aliphatic rings. The van der Waals surface area contributed by atoms with E-state index in [0.29, 0.717) is 18.4 Å². The van der Waals surface area contributed by atoms with E-state index in [9.17, 15) is 9.00 Å². The molecule has 37 heavy (non-hydrogen) atoms. The molecule has 2 atom stereocenters. The van der Waals surface area contributed by atoms with Gasteiger partial charge in [-0.3, -0.25) is 10.2 Å². The average Bonchev–Trinajstić information content (AvgIpc) is 3.39. The number of hydrazone groups is 1. The summed E-state index contributed by atoms with van der Waals surface area (Å²) >= 11 is 0. The molecular formula is C27H41N5O4S. The first-order valence-electron chi connectivity index (χ1n) is 13.8. The third-order valence-corrected chi connectivity index (χ3v) is 9.91. The summed E-state index contributed by atoms with van der Waals surface area (Å²) in [6.07, 6.45) is 7.20. The fourth-order valence-electron chi connectivity index (χ4n) is 5.72. The monoisotopic (exact) mass is 531 g/mol. The van der Waals surface area contributed by atoms with Gasteiger partial charge in [0.05, 0.1) is 18.6 Å². The lowest BCUT2D eigenvalue weighted by Crippen LogP contribution is -2.48. The summed E-state index contributed by atoms with van der Waals surface area (Å²) in [5.41, 5.74) is 4.75. The number of nitrogens with zero attached hydrogens (tertiary/aromatic N) is 4. The van der Waals surface area contributed by atoms with Crippen LogP contribution in [-0.4, -0.2) is 88.8 Å². The molecule has 9 nitrogen and oxygen atoms in total. The Bertz CT molecular complexity index is 1010. The Hall–Kier alpha value is -2.17. The molecule has 3 heterocycles. The third kappa shape index (κ3) is 6.29. The van der Waals surface area contributed by atoms with Gasteiger partial charge < -0.3 is 19.3 Å². The topological polar surface area (TPSA) is 86.7 Å². The van der Waals surface area contributed by atoms with Gasteiger partial charge in [-0.1, -0.05) is 0 Å². The van der Waals surface area contributed by atoms with Crippen molar-refractivity contribution in [3.05, 3.63) is 23.3 Å². The molecule has 1 aromatic carbocycles. The molecule has 10 heteroatoms. The van der Waals surface area contributed by atoms with E-state index in [1.165, 1.54) is 38.9 Å². The largest absolute Gasteiger partial charge is 0.497 e. The van der Waals surface area contributed by atoms with Crippen LogP contribution < -0.4 is 10.2 Å². The molecule has 1 aromatic rings. The third-order valence-electron chi connectivity index (χ3n) is 8.07. The highest BCUT2D eigenvalue weighted by Crippen LogP contribution is 2.33. The van der Waals surface area contributed by atoms with Crippen LogP contribution in [-0.2, 0) is 20.5 Å². The molecule has 3 aliphatic heterocycles. The first-order valence-corrected chi connectivity index (χ1v) is 14.9. The number of methoxy groups -OCH3 is 1. The lowest BCUT2D eigenvalue weighted by Gasteiger charge is -2.33. The Kier molecular flexibility index (Phi) is 8.36. The molecule has 2 unspecified atom stereocenters. The van der Waals surface area contributed by atoms with E-state index in [0.717, 1.165) is 60.5 Å². The van der Waals surface area contributed by atoms with Crippen LogP contribution in [0.1, 0.15) is 56.1 Å². The van der Waals surface area contributed by atoms with Crippen LogP contribution in [0.2, 0.25) is 0 Å². The van der Waals surface area contributed by atoms with Crippen molar-refractivity contribution in [3.8, 4) is 5.75 Å². The predicted octanol–water partition coefficient (Wildman–Crippen LogP) is 2.78. The lowest BCUT2D eigenvalue weighted by molar-refractivity contribution is -0.141. The quantitative estimate of drug-likeness (QED) is 0.500. The molecule has 0 aromatic heterocycles. The minimum atomic E-state index is -1.36. The summed E-state index contributed by atoms with van der Waals surface area (Å²) in [4.78, 5) is 18.4. The van der Waals surface area contributed by atoms with Crippen LogP contribution in [0, 0.1) is 19.8 Å². The second-order valence-corrected chi connectivity index (χ2v) is 12.3. The Labute approximate surface area is 223 Å². The van der Waals surface area contributed by atoms with E-state index in [-0.39, 0.29) is 11.9 Å². The SMILES string of the molecule is COc1cc(C)c(S(=O)N(CC2=NNC(C(=O)N3CCC(CCN4CCCC4)CC3)O2)C2CC2)c(C)c1. The van der Waals surface area contributed by atoms with E-state index < -0.39 is 17.2 Å². The fourth-order valence-corrected chi connectivity index (χ4v) is 7.33. The number of amides is 1. The van der Waals surface area contributed by atoms with Crippen molar-refractivity contribution in [3.63, 3.8) is 0 Å². The predicted molar refractivity (Wildman–Crippen MR) is 144 cm³/mol. The maximum Gasteiger partial charge on any atom is 0.286 e. The Morgan fingerprint density at radius 3 is 2.43 bits per heavy atom. The molecule has 1 N–H and O–H groups in total. The summed E-state index contributed by atoms with van der Waals surface area (Å²) < 4.78 is 26.9. The summed E-state index contributed by atoms with van der Waals surface area (Å²) in [5.74, 6) is 1.82. The van der Waals surface area contributed by atoms with Gasteiger partial charge in [0.1, 0.15) is 16.7 Å². The van der Waals surface area contributed by atoms with Crippen LogP contribution in [0.3, 0.4) is 0 Å². The summed E-state index contributed by atoms with van der Waals surface area (Å²) in [6.45, 7) is 9.45. The first kappa shape index (κ1) is 26.4. The Balaban J connectivity index is 1.12. The second-order valence-electron chi connectivity index (χ2n) is 10.9. The summed E-state index contributed by atoms with van der Waals surface area (Å²) in [5, 5.41) is 4.32. The molecule has 5 rings (SSSR count). The molecule has 0 radical (unpaired) electrons. The fraction of sp³-hybridized carbons (Fsp3) is 0.704. The van der Waals surface area contributed by atoms with Gasteiger partial charge in [0.15, 0.2) is 0 Å². The Morgan fingerprint density at radius 2 is 1.81 bits per heavy atom. The van der Waals surface area contributed by atoms with Crippen molar-refractivity contribution in [1.29, 1.82) is 0 Å². The molecule has 2 saturated heterocycles. The molecule has 1 aliphatic carbocycles. The highest BCUT2D eigenvalue weighted by molar-refractivity contribution is 7.82. The van der Waals surface area contributed by atoms with Crippen molar-refractivity contribution in [2.24, 2.45) is 11.0 Å². The van der Waals surface area contributed by atoms with Gasteiger partial charge in [0.2, 0.25) is 5.90 Å². The molecule has 1 amide bonds. The van der Waals surface area contributed by atoms with E-state index in [2.05, 4.69) is 15.4 Å². The molecule has 3 fully saturated rings. The van der Waals surface area contributed by atoms with Crippen LogP contribution in [0.4, 0.5) is 0 Å². The molecule has 1 saturated carbocycles. The van der Waals surface area contributed by atoms with Crippen LogP contribution in [0.5, 0.6) is 5.75 Å². The molecule has 0 spiro atoms. The minimum Gasteiger partial charge on any atom is -0.497 e. The van der Waals surface area contributed by atoms with Gasteiger partial charge in [-0.15, -0.1) is 5.10 Å². The van der Waals surface area contributed by atoms with Crippen molar-refractivity contribution in [1.82, 2.24) is 19.5 Å². The van der Waals surface area contributed by atoms with Crippen molar-refractivity contribution in [2.75, 3.05) is 46.4 Å². The smallest absolute Gasteiger partial charge is 0.286 e. The van der Waals surface area contributed by atoms with Gasteiger partial charge in [-0.2, -0.15) is 0 Å². The van der Waals surface area contributed by atoms with Crippen molar-refractivity contribution >= 4 is 22.8 Å². The standard InChI is InChI=1S/C27H41N5O4S/c1-19-16-23(35-3)17-20(2)25(19)37(34)32(22-6-7-22)18-24-28-29-26(36-24)27(33)31-14-9-21(10-15-31)8-13-30-11-4-5-12-30/h16-17,21-22,26,29H,4-15,18H2,1-3H3. The maximum atomic E-state index is 13.7. The van der Waals surface area contributed by atoms with Crippen LogP contribution >= 0.6 is 0 Å². The van der Waals surface area contributed by atoms with Crippen molar-refractivity contribution < 1.29 is 18.5 Å². The number of piperidine rings is 1. The van der Waals surface area contributed by atoms with Crippen LogP contribution in [0.15, 0.2) is 22.1 Å². The molecule has 204 valence electrons. The van der Waals surface area contributed by atoms with Gasteiger partial charge in [0.25, 0.3) is 12.1 Å². The van der Waals surface area contributed by atoms with E-state index in [1.54, 1.807) is 7.11 Å². The highest BCUT2D eigenvalue weighted by Gasteiger charge is 2.39. The number of carbonyl (C=O) groups is 1. The number of carbonyl (C=O) groups excluding carboxylic acids is 1. The number of hydrogen-bond acceptors (Lipinski definition) is 7. The Morgan fingerprint density at radius 1 is 1.14 bits per heavy atom. The number of benzene rings is 1. The number of nitrogens with one attached hydrogen (secondary N) is 1. The maximum absolute atomic E-state index is 13.7. The van der Waals surface area contributed by atoms with Gasteiger partial charge in [0, 0.05) is 19.1 Å². The van der Waals surface area contributed by atoms with E-state index in [4.69, 9.17) is 9.47 Å². The molecular weight excluding hydrogens is 490 g/mol. The number of aryl methyl sites for hydroxylation is 2. The zero-order chi connectivity index (χ0) is 25.9. The molecule has 0 bridgehead atoms. The summed E-state index contributed by atoms with van der Waals surface area (Å²) in [6, 6.07) is 4.06. The van der Waals surface area contributed by atoms with E-state index >= 15 is 0 Å². The lowest BCUT2D eigenvalue weighted by atomic mass is 9.93. The van der Waals surface area contributed by atoms with Crippen LogP contribution in [0.25, 0.3) is 0 Å². The zero-order valence-electron chi connectivity index (χ0n) is 22.4. The average molecular weight is 532 g/mol.